The first-order chi connectivity index (χ1) is 28.4. The second-order valence-electron chi connectivity index (χ2n) is 16.8. The normalized spacial score (nSPS) is 16.8. The number of ether oxygens (including phenoxy) is 2. The molecular formula is C51H52N4O4. The Labute approximate surface area is 347 Å². The van der Waals surface area contributed by atoms with Gasteiger partial charge in [-0.05, 0) is 99.2 Å². The van der Waals surface area contributed by atoms with Crippen molar-refractivity contribution in [1.29, 1.82) is 0 Å². The molecule has 0 spiro atoms. The monoisotopic (exact) mass is 784 g/mol. The van der Waals surface area contributed by atoms with E-state index in [0.29, 0.717) is 11.8 Å². The standard InChI is InChI=1S/C26H26N2O2.C25H26N2O2/c1-16-9-10-18(15-17(16)2)21-12-11-20-23(26(13-6-14-26)25(29)27-3)19-7-4-5-8-22(19)30-24(20)28-21;1-15-10-11-17(14-16(15)2)20-13-12-19-22(25(3,4)24(28)26-5)18-8-6-7-9-21(18)29-23(19)27-20/h4-5,7-12,15,23H,6,13-14H2,1-3H3,(H,27,29);6-14,22H,1-5H3,(H,26,28)/t23-;22-/m00/s1. The number of aryl methyl sites for hydroxylation is 4. The Morgan fingerprint density at radius 2 is 1.12 bits per heavy atom. The van der Waals surface area contributed by atoms with Crippen molar-refractivity contribution >= 4 is 11.8 Å². The van der Waals surface area contributed by atoms with E-state index >= 15 is 0 Å². The number of rotatable bonds is 6. The third-order valence-corrected chi connectivity index (χ3v) is 12.9. The quantitative estimate of drug-likeness (QED) is 0.174. The molecule has 0 unspecified atom stereocenters. The molecule has 2 amide bonds. The highest BCUT2D eigenvalue weighted by Crippen LogP contribution is 2.59. The van der Waals surface area contributed by atoms with Crippen molar-refractivity contribution < 1.29 is 19.1 Å². The van der Waals surface area contributed by atoms with Crippen molar-refractivity contribution in [1.82, 2.24) is 20.6 Å². The average Bonchev–Trinajstić information content (AvgIpc) is 3.23. The Morgan fingerprint density at radius 3 is 1.63 bits per heavy atom. The van der Waals surface area contributed by atoms with E-state index in [9.17, 15) is 9.59 Å². The average molecular weight is 785 g/mol. The maximum atomic E-state index is 13.0. The van der Waals surface area contributed by atoms with Gasteiger partial charge >= 0.3 is 0 Å². The summed E-state index contributed by atoms with van der Waals surface area (Å²) in [4.78, 5) is 35.5. The van der Waals surface area contributed by atoms with Gasteiger partial charge < -0.3 is 20.1 Å². The molecule has 3 aliphatic rings. The van der Waals surface area contributed by atoms with Crippen LogP contribution in [0.1, 0.15) is 89.5 Å². The third-order valence-electron chi connectivity index (χ3n) is 12.9. The predicted molar refractivity (Wildman–Crippen MR) is 233 cm³/mol. The van der Waals surface area contributed by atoms with Crippen LogP contribution in [0.15, 0.2) is 109 Å². The molecule has 4 heterocycles. The number of aromatic nitrogens is 2. The second kappa shape index (κ2) is 15.5. The SMILES string of the molecule is CNC(=O)C(C)(C)[C@H]1c2ccccc2Oc2nc(-c3ccc(C)c(C)c3)ccc21.CNC(=O)C1([C@H]2c3ccccc3Oc3nc(-c4ccc(C)c(C)c4)ccc32)CCC1. The summed E-state index contributed by atoms with van der Waals surface area (Å²) in [5.41, 5.74) is 11.8. The molecule has 8 heteroatoms. The Kier molecular flexibility index (Phi) is 10.4. The fraction of sp³-hybridized carbons (Fsp3) is 0.294. The summed E-state index contributed by atoms with van der Waals surface area (Å²) in [5.74, 6) is 2.65. The van der Waals surface area contributed by atoms with Crippen LogP contribution in [0.4, 0.5) is 0 Å². The van der Waals surface area contributed by atoms with Crippen molar-refractivity contribution in [2.24, 2.45) is 10.8 Å². The fourth-order valence-electron chi connectivity index (χ4n) is 9.08. The Hall–Kier alpha value is -6.28. The number of para-hydroxylation sites is 2. The highest BCUT2D eigenvalue weighted by Gasteiger charge is 2.53. The number of amides is 2. The number of hydrogen-bond donors (Lipinski definition) is 2. The molecule has 6 aromatic rings. The number of fused-ring (bicyclic) bond motifs is 4. The van der Waals surface area contributed by atoms with Crippen LogP contribution in [0.5, 0.6) is 23.3 Å². The van der Waals surface area contributed by atoms with Crippen LogP contribution in [-0.2, 0) is 9.59 Å². The van der Waals surface area contributed by atoms with Gasteiger partial charge in [0.2, 0.25) is 23.6 Å². The van der Waals surface area contributed by atoms with Gasteiger partial charge in [-0.15, -0.1) is 0 Å². The van der Waals surface area contributed by atoms with Crippen molar-refractivity contribution in [3.05, 3.63) is 154 Å². The summed E-state index contributed by atoms with van der Waals surface area (Å²) < 4.78 is 12.4. The molecule has 2 N–H and O–H groups in total. The summed E-state index contributed by atoms with van der Waals surface area (Å²) in [6.45, 7) is 12.4. The zero-order valence-corrected chi connectivity index (χ0v) is 35.2. The lowest BCUT2D eigenvalue weighted by Crippen LogP contribution is -2.49. The Bertz CT molecular complexity index is 2610. The number of carbonyl (C=O) groups is 2. The van der Waals surface area contributed by atoms with Crippen molar-refractivity contribution in [3.63, 3.8) is 0 Å². The molecule has 8 nitrogen and oxygen atoms in total. The zero-order chi connectivity index (χ0) is 41.6. The largest absolute Gasteiger partial charge is 0.438 e. The van der Waals surface area contributed by atoms with E-state index in [-0.39, 0.29) is 23.7 Å². The molecule has 1 saturated carbocycles. The molecule has 0 saturated heterocycles. The molecule has 2 aromatic heterocycles. The predicted octanol–water partition coefficient (Wildman–Crippen LogP) is 10.9. The molecule has 2 aliphatic heterocycles. The zero-order valence-electron chi connectivity index (χ0n) is 35.2. The van der Waals surface area contributed by atoms with Crippen molar-refractivity contribution in [3.8, 4) is 45.8 Å². The van der Waals surface area contributed by atoms with Gasteiger partial charge in [0.15, 0.2) is 0 Å². The van der Waals surface area contributed by atoms with E-state index in [1.54, 1.807) is 14.1 Å². The molecule has 4 aromatic carbocycles. The molecule has 0 radical (unpaired) electrons. The van der Waals surface area contributed by atoms with Crippen LogP contribution in [0.3, 0.4) is 0 Å². The van der Waals surface area contributed by atoms with Gasteiger partial charge in [0.1, 0.15) is 11.5 Å². The van der Waals surface area contributed by atoms with Gasteiger partial charge in [0.25, 0.3) is 0 Å². The van der Waals surface area contributed by atoms with Crippen molar-refractivity contribution in [2.45, 2.75) is 72.6 Å². The minimum Gasteiger partial charge on any atom is -0.438 e. The smallest absolute Gasteiger partial charge is 0.226 e. The summed E-state index contributed by atoms with van der Waals surface area (Å²) in [6, 6.07) is 36.9. The number of pyridine rings is 2. The molecule has 1 aliphatic carbocycles. The first kappa shape index (κ1) is 39.5. The highest BCUT2D eigenvalue weighted by atomic mass is 16.5. The number of nitrogens with zero attached hydrogens (tertiary/aromatic N) is 2. The topological polar surface area (TPSA) is 102 Å². The Balaban J connectivity index is 0.000000164. The first-order valence-electron chi connectivity index (χ1n) is 20.5. The van der Waals surface area contributed by atoms with E-state index in [1.165, 1.54) is 22.3 Å². The second-order valence-corrected chi connectivity index (χ2v) is 16.8. The lowest BCUT2D eigenvalue weighted by molar-refractivity contribution is -0.136. The van der Waals surface area contributed by atoms with Crippen LogP contribution in [0.25, 0.3) is 22.5 Å². The maximum Gasteiger partial charge on any atom is 0.226 e. The van der Waals surface area contributed by atoms with Crippen LogP contribution in [-0.4, -0.2) is 35.9 Å². The van der Waals surface area contributed by atoms with Gasteiger partial charge in [-0.2, -0.15) is 0 Å². The van der Waals surface area contributed by atoms with E-state index in [2.05, 4.69) is 99.0 Å². The third kappa shape index (κ3) is 6.94. The molecule has 59 heavy (non-hydrogen) atoms. The van der Waals surface area contributed by atoms with Crippen LogP contribution in [0, 0.1) is 38.5 Å². The molecule has 9 rings (SSSR count). The number of nitrogens with one attached hydrogen (secondary N) is 2. The van der Waals surface area contributed by atoms with Gasteiger partial charge in [0.05, 0.1) is 22.2 Å². The fourth-order valence-corrected chi connectivity index (χ4v) is 9.08. The molecule has 2 atom stereocenters. The molecule has 300 valence electrons. The molecule has 1 fully saturated rings. The minimum absolute atomic E-state index is 0.0108. The summed E-state index contributed by atoms with van der Waals surface area (Å²) in [6.07, 6.45) is 2.82. The van der Waals surface area contributed by atoms with Gasteiger partial charge in [-0.3, -0.25) is 9.59 Å². The summed E-state index contributed by atoms with van der Waals surface area (Å²) in [7, 11) is 3.41. The van der Waals surface area contributed by atoms with E-state index in [4.69, 9.17) is 19.4 Å². The highest BCUT2D eigenvalue weighted by molar-refractivity contribution is 5.86. The summed E-state index contributed by atoms with van der Waals surface area (Å²) >= 11 is 0. The lowest BCUT2D eigenvalue weighted by atomic mass is 9.56. The van der Waals surface area contributed by atoms with Crippen LogP contribution < -0.4 is 20.1 Å². The molecule has 0 bridgehead atoms. The minimum atomic E-state index is -0.660. The Morgan fingerprint density at radius 1 is 0.610 bits per heavy atom. The van der Waals surface area contributed by atoms with Gasteiger partial charge in [-0.25, -0.2) is 9.97 Å². The maximum absolute atomic E-state index is 13.0. The number of benzene rings is 4. The van der Waals surface area contributed by atoms with Crippen molar-refractivity contribution in [2.75, 3.05) is 14.1 Å². The van der Waals surface area contributed by atoms with E-state index < -0.39 is 10.8 Å². The van der Waals surface area contributed by atoms with Gasteiger partial charge in [0, 0.05) is 59.3 Å². The first-order valence-corrected chi connectivity index (χ1v) is 20.5. The number of carbonyl (C=O) groups excluding carboxylic acids is 2. The number of hydrogen-bond acceptors (Lipinski definition) is 6. The van der Waals surface area contributed by atoms with Crippen LogP contribution in [0.2, 0.25) is 0 Å². The molecular weight excluding hydrogens is 733 g/mol. The van der Waals surface area contributed by atoms with E-state index in [1.807, 2.05) is 62.4 Å². The lowest BCUT2D eigenvalue weighted by Gasteiger charge is -2.48. The van der Waals surface area contributed by atoms with Gasteiger partial charge in [-0.1, -0.05) is 93.1 Å². The van der Waals surface area contributed by atoms with E-state index in [0.717, 1.165) is 75.5 Å². The van der Waals surface area contributed by atoms with Crippen LogP contribution >= 0.6 is 0 Å². The summed E-state index contributed by atoms with van der Waals surface area (Å²) in [5, 5.41) is 5.73.